The van der Waals surface area contributed by atoms with Gasteiger partial charge in [0.25, 0.3) is 0 Å². The topological polar surface area (TPSA) is 30.0 Å². The van der Waals surface area contributed by atoms with Crippen molar-refractivity contribution in [2.75, 3.05) is 0 Å². The molecule has 0 atom stereocenters. The molecule has 0 saturated heterocycles. The van der Waals surface area contributed by atoms with E-state index in [0.717, 1.165) is 21.9 Å². The zero-order chi connectivity index (χ0) is 13.8. The van der Waals surface area contributed by atoms with Gasteiger partial charge in [-0.05, 0) is 34.6 Å². The number of fused-ring (bicyclic) bond motifs is 1. The highest BCUT2D eigenvalue weighted by molar-refractivity contribution is 6.14. The minimum absolute atomic E-state index is 0.00523. The van der Waals surface area contributed by atoms with E-state index in [1.807, 2.05) is 54.6 Å². The van der Waals surface area contributed by atoms with Gasteiger partial charge in [0.05, 0.1) is 0 Å². The molecule has 0 unspecified atom stereocenters. The van der Waals surface area contributed by atoms with E-state index in [1.54, 1.807) is 24.5 Å². The highest BCUT2D eigenvalue weighted by Crippen LogP contribution is 2.19. The number of allylic oxidation sites excluding steroid dienone is 1. The predicted molar refractivity (Wildman–Crippen MR) is 81.5 cm³/mol. The van der Waals surface area contributed by atoms with Crippen molar-refractivity contribution in [3.63, 3.8) is 0 Å². The van der Waals surface area contributed by atoms with Crippen LogP contribution in [-0.4, -0.2) is 10.8 Å². The molecule has 0 amide bonds. The van der Waals surface area contributed by atoms with Crippen molar-refractivity contribution in [1.82, 2.24) is 4.98 Å². The third-order valence-electron chi connectivity index (χ3n) is 3.17. The molecule has 20 heavy (non-hydrogen) atoms. The van der Waals surface area contributed by atoms with Crippen LogP contribution in [0.5, 0.6) is 0 Å². The lowest BCUT2D eigenvalue weighted by molar-refractivity contribution is 0.104. The summed E-state index contributed by atoms with van der Waals surface area (Å²) in [7, 11) is 0. The van der Waals surface area contributed by atoms with E-state index in [1.165, 1.54) is 0 Å². The second kappa shape index (κ2) is 5.49. The van der Waals surface area contributed by atoms with Crippen LogP contribution < -0.4 is 0 Å². The smallest absolute Gasteiger partial charge is 0.186 e. The van der Waals surface area contributed by atoms with Crippen molar-refractivity contribution in [1.29, 1.82) is 0 Å². The van der Waals surface area contributed by atoms with Crippen LogP contribution in [0.2, 0.25) is 0 Å². The second-order valence-corrected chi connectivity index (χ2v) is 4.51. The first kappa shape index (κ1) is 12.3. The van der Waals surface area contributed by atoms with Crippen molar-refractivity contribution < 1.29 is 4.79 Å². The molecule has 3 aromatic rings. The molecule has 0 radical (unpaired) electrons. The molecule has 1 heterocycles. The Kier molecular flexibility index (Phi) is 3.38. The normalized spacial score (nSPS) is 11.0. The molecule has 96 valence electrons. The van der Waals surface area contributed by atoms with E-state index in [4.69, 9.17) is 0 Å². The second-order valence-electron chi connectivity index (χ2n) is 4.51. The molecule has 1 aromatic heterocycles. The Morgan fingerprint density at radius 2 is 1.80 bits per heavy atom. The van der Waals surface area contributed by atoms with Gasteiger partial charge in [-0.3, -0.25) is 9.78 Å². The van der Waals surface area contributed by atoms with Crippen molar-refractivity contribution in [2.45, 2.75) is 0 Å². The lowest BCUT2D eigenvalue weighted by atomic mass is 10.0. The molecular weight excluding hydrogens is 246 g/mol. The molecule has 0 N–H and O–H groups in total. The van der Waals surface area contributed by atoms with E-state index in [-0.39, 0.29) is 5.78 Å². The zero-order valence-corrected chi connectivity index (χ0v) is 10.9. The van der Waals surface area contributed by atoms with Crippen molar-refractivity contribution in [3.8, 4) is 0 Å². The van der Waals surface area contributed by atoms with Gasteiger partial charge in [0, 0.05) is 18.0 Å². The number of hydrogen-bond acceptors (Lipinski definition) is 2. The summed E-state index contributed by atoms with van der Waals surface area (Å²) in [6.07, 6.45) is 6.83. The zero-order valence-electron chi connectivity index (χ0n) is 10.9. The van der Waals surface area contributed by atoms with E-state index in [2.05, 4.69) is 4.98 Å². The standard InChI is InChI=1S/C18H13NO/c20-18(11-10-14-5-4-12-19-13-14)17-9-3-7-15-6-1-2-8-16(15)17/h1-13H. The Morgan fingerprint density at radius 3 is 2.65 bits per heavy atom. The van der Waals surface area contributed by atoms with E-state index in [0.29, 0.717) is 0 Å². The quantitative estimate of drug-likeness (QED) is 0.523. The van der Waals surface area contributed by atoms with Gasteiger partial charge < -0.3 is 0 Å². The number of ketones is 1. The number of benzene rings is 2. The maximum atomic E-state index is 12.3. The average molecular weight is 259 g/mol. The summed E-state index contributed by atoms with van der Waals surface area (Å²) in [5, 5.41) is 2.06. The summed E-state index contributed by atoms with van der Waals surface area (Å²) >= 11 is 0. The number of hydrogen-bond donors (Lipinski definition) is 0. The molecule has 0 fully saturated rings. The summed E-state index contributed by atoms with van der Waals surface area (Å²) in [5.41, 5.74) is 1.64. The number of carbonyl (C=O) groups excluding carboxylic acids is 1. The van der Waals surface area contributed by atoms with Gasteiger partial charge in [-0.2, -0.15) is 0 Å². The van der Waals surface area contributed by atoms with Gasteiger partial charge in [-0.25, -0.2) is 0 Å². The molecule has 2 aromatic carbocycles. The summed E-state index contributed by atoms with van der Waals surface area (Å²) in [6.45, 7) is 0. The minimum atomic E-state index is 0.00523. The lowest BCUT2D eigenvalue weighted by Crippen LogP contribution is -1.95. The van der Waals surface area contributed by atoms with Gasteiger partial charge in [0.15, 0.2) is 5.78 Å². The summed E-state index contributed by atoms with van der Waals surface area (Å²) in [6, 6.07) is 17.5. The third kappa shape index (κ3) is 2.50. The molecule has 2 nitrogen and oxygen atoms in total. The Balaban J connectivity index is 1.95. The molecule has 0 bridgehead atoms. The maximum Gasteiger partial charge on any atom is 0.186 e. The van der Waals surface area contributed by atoms with Gasteiger partial charge in [0.2, 0.25) is 0 Å². The average Bonchev–Trinajstić information content (AvgIpc) is 2.53. The first-order chi connectivity index (χ1) is 9.84. The molecule has 2 heteroatoms. The van der Waals surface area contributed by atoms with Crippen LogP contribution in [-0.2, 0) is 0 Å². The van der Waals surface area contributed by atoms with Crippen LogP contribution in [0.25, 0.3) is 16.8 Å². The Labute approximate surface area is 117 Å². The largest absolute Gasteiger partial charge is 0.289 e. The van der Waals surface area contributed by atoms with E-state index in [9.17, 15) is 4.79 Å². The molecule has 0 saturated carbocycles. The van der Waals surface area contributed by atoms with Crippen LogP contribution in [0.15, 0.2) is 73.1 Å². The summed E-state index contributed by atoms with van der Waals surface area (Å²) < 4.78 is 0. The first-order valence-corrected chi connectivity index (χ1v) is 6.45. The molecule has 0 spiro atoms. The monoisotopic (exact) mass is 259 g/mol. The molecule has 3 rings (SSSR count). The molecule has 0 aliphatic rings. The maximum absolute atomic E-state index is 12.3. The van der Waals surface area contributed by atoms with Crippen LogP contribution in [0.4, 0.5) is 0 Å². The SMILES string of the molecule is O=C(C=Cc1cccnc1)c1cccc2ccccc12. The fourth-order valence-corrected chi connectivity index (χ4v) is 2.18. The molecular formula is C18H13NO. The first-order valence-electron chi connectivity index (χ1n) is 6.45. The van der Waals surface area contributed by atoms with Crippen LogP contribution in [0.3, 0.4) is 0 Å². The number of rotatable bonds is 3. The van der Waals surface area contributed by atoms with Crippen molar-refractivity contribution in [2.24, 2.45) is 0 Å². The number of pyridine rings is 1. The van der Waals surface area contributed by atoms with Gasteiger partial charge in [0.1, 0.15) is 0 Å². The lowest BCUT2D eigenvalue weighted by Gasteiger charge is -2.02. The highest BCUT2D eigenvalue weighted by Gasteiger charge is 2.06. The van der Waals surface area contributed by atoms with Crippen LogP contribution in [0.1, 0.15) is 15.9 Å². The Morgan fingerprint density at radius 1 is 0.950 bits per heavy atom. The predicted octanol–water partition coefficient (Wildman–Crippen LogP) is 4.13. The minimum Gasteiger partial charge on any atom is -0.289 e. The van der Waals surface area contributed by atoms with E-state index < -0.39 is 0 Å². The molecule has 0 aliphatic heterocycles. The Hall–Kier alpha value is -2.74. The fourth-order valence-electron chi connectivity index (χ4n) is 2.18. The van der Waals surface area contributed by atoms with Gasteiger partial charge in [-0.15, -0.1) is 0 Å². The summed E-state index contributed by atoms with van der Waals surface area (Å²) in [4.78, 5) is 16.3. The third-order valence-corrected chi connectivity index (χ3v) is 3.17. The fraction of sp³-hybridized carbons (Fsp3) is 0. The van der Waals surface area contributed by atoms with Gasteiger partial charge in [-0.1, -0.05) is 48.5 Å². The van der Waals surface area contributed by atoms with Crippen LogP contribution in [0, 0.1) is 0 Å². The van der Waals surface area contributed by atoms with Gasteiger partial charge >= 0.3 is 0 Å². The van der Waals surface area contributed by atoms with Crippen molar-refractivity contribution >= 4 is 22.6 Å². The van der Waals surface area contributed by atoms with Crippen LogP contribution >= 0.6 is 0 Å². The summed E-state index contributed by atoms with van der Waals surface area (Å²) in [5.74, 6) is 0.00523. The number of aromatic nitrogens is 1. The Bertz CT molecular complexity index is 770. The van der Waals surface area contributed by atoms with E-state index >= 15 is 0 Å². The number of nitrogens with zero attached hydrogens (tertiary/aromatic N) is 1. The highest BCUT2D eigenvalue weighted by atomic mass is 16.1. The molecule has 0 aliphatic carbocycles. The number of carbonyl (C=O) groups is 1. The van der Waals surface area contributed by atoms with Crippen molar-refractivity contribution in [3.05, 3.63) is 84.2 Å².